The van der Waals surface area contributed by atoms with Crippen LogP contribution in [0.25, 0.3) is 0 Å². The molecular formula is C13H15N3O4S. The van der Waals surface area contributed by atoms with Crippen LogP contribution >= 0.6 is 0 Å². The zero-order valence-electron chi connectivity index (χ0n) is 11.5. The summed E-state index contributed by atoms with van der Waals surface area (Å²) in [4.78, 5) is 10.7. The largest absolute Gasteiger partial charge is 0.481 e. The highest BCUT2D eigenvalue weighted by Crippen LogP contribution is 2.21. The average Bonchev–Trinajstić information content (AvgIpc) is 2.71. The lowest BCUT2D eigenvalue weighted by Crippen LogP contribution is -2.14. The van der Waals surface area contributed by atoms with Crippen molar-refractivity contribution in [1.82, 2.24) is 10.2 Å². The van der Waals surface area contributed by atoms with Gasteiger partial charge in [-0.25, -0.2) is 8.42 Å². The second kappa shape index (κ2) is 5.57. The molecule has 21 heavy (non-hydrogen) atoms. The molecule has 0 radical (unpaired) electrons. The maximum Gasteiger partial charge on any atom is 0.307 e. The van der Waals surface area contributed by atoms with E-state index in [4.69, 9.17) is 5.11 Å². The van der Waals surface area contributed by atoms with E-state index >= 15 is 0 Å². The standard InChI is InChI=1S/C13H15N3O4S/c1-8-13(9(2)15-14-8)21(19,20)16-11-5-3-10(4-6-11)7-12(17)18/h3-6,16H,7H2,1-2H3,(H,14,15)(H,17,18). The van der Waals surface area contributed by atoms with E-state index in [9.17, 15) is 13.2 Å². The number of aliphatic carboxylic acids is 1. The topological polar surface area (TPSA) is 112 Å². The van der Waals surface area contributed by atoms with Crippen molar-refractivity contribution in [3.63, 3.8) is 0 Å². The predicted octanol–water partition coefficient (Wildman–Crippen LogP) is 1.45. The fourth-order valence-corrected chi connectivity index (χ4v) is 3.44. The summed E-state index contributed by atoms with van der Waals surface area (Å²) in [6.07, 6.45) is -0.104. The summed E-state index contributed by atoms with van der Waals surface area (Å²) < 4.78 is 27.1. The van der Waals surface area contributed by atoms with Gasteiger partial charge in [0, 0.05) is 5.69 Å². The number of nitrogens with one attached hydrogen (secondary N) is 2. The van der Waals surface area contributed by atoms with Gasteiger partial charge in [-0.1, -0.05) is 12.1 Å². The van der Waals surface area contributed by atoms with Crippen LogP contribution in [-0.2, 0) is 21.2 Å². The summed E-state index contributed by atoms with van der Waals surface area (Å²) >= 11 is 0. The Bertz CT molecular complexity index is 744. The Morgan fingerprint density at radius 3 is 2.38 bits per heavy atom. The first-order chi connectivity index (χ1) is 9.79. The van der Waals surface area contributed by atoms with E-state index in [2.05, 4.69) is 14.9 Å². The molecule has 112 valence electrons. The van der Waals surface area contributed by atoms with Crippen LogP contribution < -0.4 is 4.72 Å². The van der Waals surface area contributed by atoms with E-state index < -0.39 is 16.0 Å². The van der Waals surface area contributed by atoms with Gasteiger partial charge in [0.15, 0.2) is 0 Å². The zero-order chi connectivity index (χ0) is 15.6. The molecule has 1 aromatic carbocycles. The number of carboxylic acid groups (broad SMARTS) is 1. The molecule has 0 aliphatic rings. The van der Waals surface area contributed by atoms with Crippen molar-refractivity contribution in [3.05, 3.63) is 41.2 Å². The highest BCUT2D eigenvalue weighted by molar-refractivity contribution is 7.92. The van der Waals surface area contributed by atoms with E-state index in [1.54, 1.807) is 26.0 Å². The van der Waals surface area contributed by atoms with Crippen LogP contribution in [0.5, 0.6) is 0 Å². The summed E-state index contributed by atoms with van der Waals surface area (Å²) in [5.41, 5.74) is 1.82. The van der Waals surface area contributed by atoms with Gasteiger partial charge in [-0.15, -0.1) is 0 Å². The third kappa shape index (κ3) is 3.40. The first-order valence-corrected chi connectivity index (χ1v) is 7.63. The summed E-state index contributed by atoms with van der Waals surface area (Å²) in [5, 5.41) is 15.2. The minimum Gasteiger partial charge on any atom is -0.481 e. The third-order valence-electron chi connectivity index (χ3n) is 2.89. The number of aryl methyl sites for hydroxylation is 2. The van der Waals surface area contributed by atoms with E-state index in [1.807, 2.05) is 0 Å². The van der Waals surface area contributed by atoms with Crippen molar-refractivity contribution in [1.29, 1.82) is 0 Å². The Labute approximate surface area is 122 Å². The Hall–Kier alpha value is -2.35. The lowest BCUT2D eigenvalue weighted by molar-refractivity contribution is -0.136. The average molecular weight is 309 g/mol. The Balaban J connectivity index is 2.23. The van der Waals surface area contributed by atoms with Gasteiger partial charge in [-0.05, 0) is 31.5 Å². The summed E-state index contributed by atoms with van der Waals surface area (Å²) in [6.45, 7) is 3.23. The predicted molar refractivity (Wildman–Crippen MR) is 76.7 cm³/mol. The van der Waals surface area contributed by atoms with Gasteiger partial charge in [0.1, 0.15) is 4.90 Å². The number of carbonyl (C=O) groups is 1. The highest BCUT2D eigenvalue weighted by atomic mass is 32.2. The molecule has 0 saturated carbocycles. The maximum atomic E-state index is 12.3. The number of nitrogens with zero attached hydrogens (tertiary/aromatic N) is 1. The van der Waals surface area contributed by atoms with E-state index in [0.717, 1.165) is 0 Å². The van der Waals surface area contributed by atoms with E-state index in [0.29, 0.717) is 22.6 Å². The molecular weight excluding hydrogens is 294 g/mol. The number of rotatable bonds is 5. The van der Waals surface area contributed by atoms with E-state index in [-0.39, 0.29) is 11.3 Å². The Kier molecular flexibility index (Phi) is 3.99. The van der Waals surface area contributed by atoms with Crippen LogP contribution in [0.2, 0.25) is 0 Å². The summed E-state index contributed by atoms with van der Waals surface area (Å²) in [7, 11) is -3.73. The minimum atomic E-state index is -3.73. The molecule has 7 nitrogen and oxygen atoms in total. The van der Waals surface area contributed by atoms with Crippen LogP contribution in [0.4, 0.5) is 5.69 Å². The highest BCUT2D eigenvalue weighted by Gasteiger charge is 2.22. The quantitative estimate of drug-likeness (QED) is 0.774. The number of sulfonamides is 1. The number of benzene rings is 1. The van der Waals surface area contributed by atoms with Crippen LogP contribution in [0.15, 0.2) is 29.2 Å². The van der Waals surface area contributed by atoms with E-state index in [1.165, 1.54) is 12.1 Å². The number of hydrogen-bond acceptors (Lipinski definition) is 4. The van der Waals surface area contributed by atoms with Crippen LogP contribution in [-0.4, -0.2) is 29.7 Å². The molecule has 0 spiro atoms. The number of carboxylic acids is 1. The number of anilines is 1. The van der Waals surface area contributed by atoms with Crippen molar-refractivity contribution in [3.8, 4) is 0 Å². The normalized spacial score (nSPS) is 11.3. The van der Waals surface area contributed by atoms with Gasteiger partial charge < -0.3 is 5.11 Å². The first-order valence-electron chi connectivity index (χ1n) is 6.15. The molecule has 0 aliphatic heterocycles. The third-order valence-corrected chi connectivity index (χ3v) is 4.53. The van der Waals surface area contributed by atoms with Crippen LogP contribution in [0, 0.1) is 13.8 Å². The van der Waals surface area contributed by atoms with Crippen molar-refractivity contribution in [2.45, 2.75) is 25.2 Å². The maximum absolute atomic E-state index is 12.3. The summed E-state index contributed by atoms with van der Waals surface area (Å²) in [5.74, 6) is -0.937. The van der Waals surface area contributed by atoms with Crippen molar-refractivity contribution < 1.29 is 18.3 Å². The van der Waals surface area contributed by atoms with Gasteiger partial charge in [0.2, 0.25) is 0 Å². The second-order valence-corrected chi connectivity index (χ2v) is 6.26. The molecule has 0 saturated heterocycles. The number of hydrogen-bond donors (Lipinski definition) is 3. The van der Waals surface area contributed by atoms with Crippen LogP contribution in [0.1, 0.15) is 17.0 Å². The molecule has 2 rings (SSSR count). The molecule has 2 aromatic rings. The molecule has 0 fully saturated rings. The molecule has 1 heterocycles. The molecule has 1 aromatic heterocycles. The lowest BCUT2D eigenvalue weighted by Gasteiger charge is -2.08. The Morgan fingerprint density at radius 1 is 1.29 bits per heavy atom. The number of aromatic amines is 1. The molecule has 0 amide bonds. The summed E-state index contributed by atoms with van der Waals surface area (Å²) in [6, 6.07) is 6.20. The molecule has 0 unspecified atom stereocenters. The number of H-pyrrole nitrogens is 1. The SMILES string of the molecule is Cc1n[nH]c(C)c1S(=O)(=O)Nc1ccc(CC(=O)O)cc1. The molecule has 0 bridgehead atoms. The first kappa shape index (κ1) is 15.0. The molecule has 3 N–H and O–H groups in total. The molecule has 0 aliphatic carbocycles. The van der Waals surface area contributed by atoms with Gasteiger partial charge >= 0.3 is 5.97 Å². The van der Waals surface area contributed by atoms with Gasteiger partial charge in [-0.2, -0.15) is 5.10 Å². The number of aromatic nitrogens is 2. The fourth-order valence-electron chi connectivity index (χ4n) is 2.01. The van der Waals surface area contributed by atoms with Crippen molar-refractivity contribution in [2.24, 2.45) is 0 Å². The van der Waals surface area contributed by atoms with Gasteiger partial charge in [-0.3, -0.25) is 14.6 Å². The zero-order valence-corrected chi connectivity index (χ0v) is 12.4. The second-order valence-electron chi connectivity index (χ2n) is 4.64. The minimum absolute atomic E-state index is 0.104. The monoisotopic (exact) mass is 309 g/mol. The fraction of sp³-hybridized carbons (Fsp3) is 0.231. The Morgan fingerprint density at radius 2 is 1.90 bits per heavy atom. The van der Waals surface area contributed by atoms with Crippen molar-refractivity contribution >= 4 is 21.7 Å². The van der Waals surface area contributed by atoms with Gasteiger partial charge in [0.25, 0.3) is 10.0 Å². The smallest absolute Gasteiger partial charge is 0.307 e. The lowest BCUT2D eigenvalue weighted by atomic mass is 10.1. The molecule has 8 heteroatoms. The van der Waals surface area contributed by atoms with Gasteiger partial charge in [0.05, 0.1) is 17.8 Å². The van der Waals surface area contributed by atoms with Crippen molar-refractivity contribution in [2.75, 3.05) is 4.72 Å². The van der Waals surface area contributed by atoms with Crippen LogP contribution in [0.3, 0.4) is 0 Å². The molecule has 0 atom stereocenters.